The van der Waals surface area contributed by atoms with Gasteiger partial charge >= 0.3 is 0 Å². The van der Waals surface area contributed by atoms with Crippen molar-refractivity contribution in [1.29, 1.82) is 0 Å². The van der Waals surface area contributed by atoms with E-state index < -0.39 is 16.5 Å². The smallest absolute Gasteiger partial charge is 0.242 e. The van der Waals surface area contributed by atoms with E-state index in [9.17, 15) is 0 Å². The Bertz CT molecular complexity index is 783. The first-order valence-corrected chi connectivity index (χ1v) is 14.3. The van der Waals surface area contributed by atoms with Crippen LogP contribution in [-0.2, 0) is 0 Å². The fourth-order valence-corrected chi connectivity index (χ4v) is 7.90. The zero-order valence-electron chi connectivity index (χ0n) is 15.7. The van der Waals surface area contributed by atoms with Gasteiger partial charge in [0.2, 0.25) is 8.32 Å². The van der Waals surface area contributed by atoms with E-state index in [0.717, 1.165) is 17.3 Å². The van der Waals surface area contributed by atoms with Crippen LogP contribution in [0.2, 0.25) is 24.7 Å². The SMILES string of the molecule is C[Si](C)(C)Oc1ccc(Cl)cc1P1N(c2ccccc2)C[C@@H]2CCCN21. The van der Waals surface area contributed by atoms with Gasteiger partial charge in [0.05, 0.1) is 5.30 Å². The molecule has 0 N–H and O–H groups in total. The molecule has 2 fully saturated rings. The molecule has 2 heterocycles. The molecule has 1 unspecified atom stereocenters. The zero-order valence-corrected chi connectivity index (χ0v) is 18.3. The fourth-order valence-electron chi connectivity index (χ4n) is 3.82. The van der Waals surface area contributed by atoms with Crippen molar-refractivity contribution in [3.05, 3.63) is 53.6 Å². The number of hydrogen-bond donors (Lipinski definition) is 0. The zero-order chi connectivity index (χ0) is 18.3. The van der Waals surface area contributed by atoms with Crippen molar-refractivity contribution < 1.29 is 4.43 Å². The number of fused-ring (bicyclic) bond motifs is 1. The Labute approximate surface area is 163 Å². The summed E-state index contributed by atoms with van der Waals surface area (Å²) in [6.07, 6.45) is 2.57. The third-order valence-corrected chi connectivity index (χ3v) is 8.52. The molecule has 2 aromatic rings. The van der Waals surface area contributed by atoms with Crippen molar-refractivity contribution in [2.45, 2.75) is 38.5 Å². The number of benzene rings is 2. The Morgan fingerprint density at radius 3 is 2.62 bits per heavy atom. The lowest BCUT2D eigenvalue weighted by atomic mass is 10.2. The quantitative estimate of drug-likeness (QED) is 0.496. The van der Waals surface area contributed by atoms with Crippen LogP contribution in [0, 0.1) is 0 Å². The Morgan fingerprint density at radius 1 is 1.12 bits per heavy atom. The fraction of sp³-hybridized carbons (Fsp3) is 0.400. The molecule has 2 aromatic carbocycles. The summed E-state index contributed by atoms with van der Waals surface area (Å²) in [5.41, 5.74) is 1.30. The van der Waals surface area contributed by atoms with E-state index in [1.54, 1.807) is 0 Å². The lowest BCUT2D eigenvalue weighted by molar-refractivity contribution is 0.467. The van der Waals surface area contributed by atoms with Crippen LogP contribution in [0.3, 0.4) is 0 Å². The van der Waals surface area contributed by atoms with Crippen LogP contribution in [0.4, 0.5) is 5.69 Å². The number of halogens is 1. The summed E-state index contributed by atoms with van der Waals surface area (Å²) in [6, 6.07) is 17.6. The summed E-state index contributed by atoms with van der Waals surface area (Å²) >= 11 is 6.43. The molecule has 2 atom stereocenters. The van der Waals surface area contributed by atoms with E-state index in [-0.39, 0.29) is 0 Å². The number of para-hydroxylation sites is 1. The highest BCUT2D eigenvalue weighted by molar-refractivity contribution is 7.65. The normalized spacial score (nSPS) is 23.3. The van der Waals surface area contributed by atoms with Gasteiger partial charge in [-0.05, 0) is 62.8 Å². The molecule has 0 radical (unpaired) electrons. The summed E-state index contributed by atoms with van der Waals surface area (Å²) in [5.74, 6) is 1.02. The minimum atomic E-state index is -1.70. The van der Waals surface area contributed by atoms with Crippen LogP contribution in [0.5, 0.6) is 5.75 Å². The molecule has 0 aliphatic carbocycles. The van der Waals surface area contributed by atoms with Gasteiger partial charge in [0.25, 0.3) is 0 Å². The van der Waals surface area contributed by atoms with Gasteiger partial charge < -0.3 is 9.10 Å². The third kappa shape index (κ3) is 3.66. The van der Waals surface area contributed by atoms with Crippen LogP contribution in [0.15, 0.2) is 48.5 Å². The highest BCUT2D eigenvalue weighted by atomic mass is 35.5. The van der Waals surface area contributed by atoms with Crippen molar-refractivity contribution in [3.63, 3.8) is 0 Å². The topological polar surface area (TPSA) is 15.7 Å². The first kappa shape index (κ1) is 18.3. The van der Waals surface area contributed by atoms with Crippen LogP contribution in [0.1, 0.15) is 12.8 Å². The number of rotatable bonds is 4. The molecule has 4 rings (SSSR count). The lowest BCUT2D eigenvalue weighted by Gasteiger charge is -2.33. The Kier molecular flexibility index (Phi) is 5.04. The Hall–Kier alpha value is -1.06. The average molecular weight is 405 g/mol. The summed E-state index contributed by atoms with van der Waals surface area (Å²) in [5, 5.41) is 2.06. The minimum absolute atomic E-state index is 0.631. The lowest BCUT2D eigenvalue weighted by Crippen LogP contribution is -2.33. The monoisotopic (exact) mass is 404 g/mol. The molecule has 138 valence electrons. The first-order valence-electron chi connectivity index (χ1n) is 9.30. The maximum Gasteiger partial charge on any atom is 0.242 e. The predicted molar refractivity (Wildman–Crippen MR) is 115 cm³/mol. The molecule has 0 aromatic heterocycles. The molecular formula is C20H26ClN2OPSi. The number of nitrogens with zero attached hydrogens (tertiary/aromatic N) is 2. The number of anilines is 1. The second kappa shape index (κ2) is 7.16. The van der Waals surface area contributed by atoms with E-state index in [0.29, 0.717) is 6.04 Å². The summed E-state index contributed by atoms with van der Waals surface area (Å²) in [6.45, 7) is 8.97. The third-order valence-electron chi connectivity index (χ3n) is 4.81. The van der Waals surface area contributed by atoms with Crippen molar-refractivity contribution in [2.75, 3.05) is 17.8 Å². The van der Waals surface area contributed by atoms with Gasteiger partial charge in [-0.15, -0.1) is 0 Å². The Balaban J connectivity index is 1.79. The van der Waals surface area contributed by atoms with Gasteiger partial charge in [0, 0.05) is 29.8 Å². The largest absolute Gasteiger partial charge is 0.544 e. The van der Waals surface area contributed by atoms with Crippen molar-refractivity contribution in [3.8, 4) is 5.75 Å². The van der Waals surface area contributed by atoms with Crippen LogP contribution < -0.4 is 14.4 Å². The van der Waals surface area contributed by atoms with Gasteiger partial charge in [-0.25, -0.2) is 0 Å². The van der Waals surface area contributed by atoms with E-state index in [2.05, 4.69) is 71.4 Å². The molecule has 2 aliphatic heterocycles. The standard InChI is InChI=1S/C20H26ClN2OPSi/c1-26(2,3)24-19-12-11-16(21)14-20(19)25-22-13-7-10-18(22)15-23(25)17-8-5-4-6-9-17/h4-6,8-9,11-12,14,18H,7,10,13,15H2,1-3H3/t18-,25?/m0/s1. The summed E-state index contributed by atoms with van der Waals surface area (Å²) in [7, 11) is -2.33. The van der Waals surface area contributed by atoms with Gasteiger partial charge in [0.15, 0.2) is 0 Å². The van der Waals surface area contributed by atoms with Gasteiger partial charge in [-0.3, -0.25) is 4.67 Å². The maximum atomic E-state index is 6.48. The molecule has 6 heteroatoms. The first-order chi connectivity index (χ1) is 12.4. The van der Waals surface area contributed by atoms with Crippen LogP contribution >= 0.6 is 19.8 Å². The van der Waals surface area contributed by atoms with Crippen LogP contribution in [0.25, 0.3) is 0 Å². The molecule has 3 nitrogen and oxygen atoms in total. The molecule has 0 saturated carbocycles. The maximum absolute atomic E-state index is 6.48. The van der Waals surface area contributed by atoms with Crippen molar-refractivity contribution in [1.82, 2.24) is 4.67 Å². The molecule has 0 spiro atoms. The molecule has 0 amide bonds. The molecule has 2 saturated heterocycles. The average Bonchev–Trinajstić information content (AvgIpc) is 3.17. The number of hydrogen-bond acceptors (Lipinski definition) is 3. The van der Waals surface area contributed by atoms with E-state index in [1.165, 1.54) is 30.4 Å². The van der Waals surface area contributed by atoms with E-state index in [4.69, 9.17) is 16.0 Å². The summed E-state index contributed by atoms with van der Waals surface area (Å²) < 4.78 is 11.8. The molecular weight excluding hydrogens is 379 g/mol. The van der Waals surface area contributed by atoms with Crippen LogP contribution in [-0.4, -0.2) is 32.1 Å². The van der Waals surface area contributed by atoms with Crippen molar-refractivity contribution in [2.24, 2.45) is 0 Å². The highest BCUT2D eigenvalue weighted by Crippen LogP contribution is 2.56. The molecule has 0 bridgehead atoms. The molecule has 2 aliphatic rings. The van der Waals surface area contributed by atoms with Gasteiger partial charge in [-0.2, -0.15) is 0 Å². The van der Waals surface area contributed by atoms with Gasteiger partial charge in [0.1, 0.15) is 14.0 Å². The van der Waals surface area contributed by atoms with E-state index >= 15 is 0 Å². The second-order valence-electron chi connectivity index (χ2n) is 7.99. The summed E-state index contributed by atoms with van der Waals surface area (Å²) in [4.78, 5) is 0. The second-order valence-corrected chi connectivity index (χ2v) is 14.9. The Morgan fingerprint density at radius 2 is 1.88 bits per heavy atom. The van der Waals surface area contributed by atoms with Gasteiger partial charge in [-0.1, -0.05) is 29.8 Å². The van der Waals surface area contributed by atoms with E-state index in [1.807, 2.05) is 6.07 Å². The highest BCUT2D eigenvalue weighted by Gasteiger charge is 2.44. The molecule has 26 heavy (non-hydrogen) atoms. The minimum Gasteiger partial charge on any atom is -0.544 e. The predicted octanol–water partition coefficient (Wildman–Crippen LogP) is 5.48. The van der Waals surface area contributed by atoms with Crippen molar-refractivity contribution >= 4 is 39.1 Å².